The van der Waals surface area contributed by atoms with E-state index in [0.29, 0.717) is 18.3 Å². The number of ketones is 1. The van der Waals surface area contributed by atoms with Gasteiger partial charge in [-0.1, -0.05) is 30.3 Å². The first kappa shape index (κ1) is 11.9. The number of rotatable bonds is 3. The Bertz CT molecular complexity index is 431. The van der Waals surface area contributed by atoms with Crippen LogP contribution in [0.4, 0.5) is 0 Å². The third-order valence-corrected chi connectivity index (χ3v) is 3.97. The Hall–Kier alpha value is -1.19. The number of hydrogen-bond donors (Lipinski definition) is 0. The van der Waals surface area contributed by atoms with Crippen LogP contribution in [0, 0.1) is 5.92 Å². The first-order chi connectivity index (χ1) is 8.75. The molecule has 1 saturated heterocycles. The molecule has 3 atom stereocenters. The largest absolute Gasteiger partial charge is 0.368 e. The molecule has 0 amide bonds. The second kappa shape index (κ2) is 4.82. The minimum atomic E-state index is -0.206. The molecule has 1 aromatic carbocycles. The third-order valence-electron chi connectivity index (χ3n) is 3.97. The van der Waals surface area contributed by atoms with Gasteiger partial charge in [0.25, 0.3) is 0 Å². The number of nitrogens with zero attached hydrogens (tertiary/aromatic N) is 1. The first-order valence-corrected chi connectivity index (χ1v) is 6.64. The average molecular weight is 245 g/mol. The van der Waals surface area contributed by atoms with E-state index in [9.17, 15) is 4.79 Å². The van der Waals surface area contributed by atoms with E-state index in [1.54, 1.807) is 0 Å². The Labute approximate surface area is 108 Å². The minimum absolute atomic E-state index is 0.184. The van der Waals surface area contributed by atoms with Gasteiger partial charge < -0.3 is 9.64 Å². The number of benzene rings is 1. The highest BCUT2D eigenvalue weighted by molar-refractivity contribution is 5.89. The van der Waals surface area contributed by atoms with Crippen molar-refractivity contribution in [3.05, 3.63) is 35.9 Å². The van der Waals surface area contributed by atoms with Gasteiger partial charge in [0.1, 0.15) is 6.10 Å². The van der Waals surface area contributed by atoms with E-state index >= 15 is 0 Å². The van der Waals surface area contributed by atoms with Crippen molar-refractivity contribution in [2.75, 3.05) is 26.7 Å². The smallest absolute Gasteiger partial charge is 0.166 e. The van der Waals surface area contributed by atoms with Crippen molar-refractivity contribution in [3.8, 4) is 0 Å². The zero-order chi connectivity index (χ0) is 12.5. The van der Waals surface area contributed by atoms with Crippen LogP contribution in [0.1, 0.15) is 17.9 Å². The maximum absolute atomic E-state index is 12.3. The van der Waals surface area contributed by atoms with Crippen LogP contribution in [0.15, 0.2) is 30.3 Å². The fraction of sp³-hybridized carbons (Fsp3) is 0.533. The Balaban J connectivity index is 1.62. The summed E-state index contributed by atoms with van der Waals surface area (Å²) >= 11 is 0. The summed E-state index contributed by atoms with van der Waals surface area (Å²) in [5.74, 6) is 0.911. The van der Waals surface area contributed by atoms with Gasteiger partial charge in [0.2, 0.25) is 0 Å². The van der Waals surface area contributed by atoms with Gasteiger partial charge in [-0.05, 0) is 24.9 Å². The van der Waals surface area contributed by atoms with Crippen LogP contribution in [0.5, 0.6) is 0 Å². The summed E-state index contributed by atoms with van der Waals surface area (Å²) in [6.45, 7) is 2.35. The van der Waals surface area contributed by atoms with Gasteiger partial charge in [-0.3, -0.25) is 4.79 Å². The molecular formula is C15H19NO2. The molecule has 0 N–H and O–H groups in total. The summed E-state index contributed by atoms with van der Waals surface area (Å²) in [5.41, 5.74) is 1.29. The molecule has 96 valence electrons. The Morgan fingerprint density at radius 3 is 2.83 bits per heavy atom. The van der Waals surface area contributed by atoms with Crippen LogP contribution in [-0.2, 0) is 9.53 Å². The highest BCUT2D eigenvalue weighted by atomic mass is 16.5. The zero-order valence-electron chi connectivity index (χ0n) is 10.7. The van der Waals surface area contributed by atoms with Crippen LogP contribution < -0.4 is 0 Å². The van der Waals surface area contributed by atoms with E-state index in [1.807, 2.05) is 25.2 Å². The minimum Gasteiger partial charge on any atom is -0.368 e. The molecular weight excluding hydrogens is 226 g/mol. The van der Waals surface area contributed by atoms with Gasteiger partial charge in [0.15, 0.2) is 5.78 Å². The standard InChI is InChI=1S/C15H19NO2/c1-16-7-8-18-14(10-16)15(17)13-9-12(13)11-5-3-2-4-6-11/h2-6,12-14H,7-10H2,1H3. The first-order valence-electron chi connectivity index (χ1n) is 6.64. The maximum atomic E-state index is 12.3. The van der Waals surface area contributed by atoms with E-state index in [0.717, 1.165) is 19.5 Å². The molecule has 0 aromatic heterocycles. The molecule has 3 nitrogen and oxygen atoms in total. The molecule has 1 saturated carbocycles. The van der Waals surface area contributed by atoms with Crippen molar-refractivity contribution in [3.63, 3.8) is 0 Å². The van der Waals surface area contributed by atoms with Gasteiger partial charge in [-0.2, -0.15) is 0 Å². The topological polar surface area (TPSA) is 29.5 Å². The van der Waals surface area contributed by atoms with Crippen molar-refractivity contribution in [1.29, 1.82) is 0 Å². The van der Waals surface area contributed by atoms with Crippen molar-refractivity contribution in [1.82, 2.24) is 4.90 Å². The van der Waals surface area contributed by atoms with Gasteiger partial charge in [0.05, 0.1) is 6.61 Å². The van der Waals surface area contributed by atoms with Crippen LogP contribution in [-0.4, -0.2) is 43.5 Å². The van der Waals surface area contributed by atoms with Crippen LogP contribution in [0.3, 0.4) is 0 Å². The molecule has 0 spiro atoms. The quantitative estimate of drug-likeness (QED) is 0.811. The molecule has 0 bridgehead atoms. The molecule has 3 rings (SSSR count). The highest BCUT2D eigenvalue weighted by Crippen LogP contribution is 2.48. The van der Waals surface area contributed by atoms with E-state index in [1.165, 1.54) is 5.56 Å². The molecule has 1 aliphatic heterocycles. The number of Topliss-reactive ketones (excluding diaryl/α,β-unsaturated/α-hetero) is 1. The molecule has 3 heteroatoms. The lowest BCUT2D eigenvalue weighted by Crippen LogP contribution is -2.44. The van der Waals surface area contributed by atoms with Crippen molar-refractivity contribution < 1.29 is 9.53 Å². The van der Waals surface area contributed by atoms with Crippen molar-refractivity contribution in [2.24, 2.45) is 5.92 Å². The Kier molecular flexibility index (Phi) is 3.18. The van der Waals surface area contributed by atoms with Crippen LogP contribution >= 0.6 is 0 Å². The molecule has 2 fully saturated rings. The SMILES string of the molecule is CN1CCOC(C(=O)C2CC2c2ccccc2)C1. The molecule has 0 radical (unpaired) electrons. The fourth-order valence-electron chi connectivity index (χ4n) is 2.77. The number of carbonyl (C=O) groups is 1. The van der Waals surface area contributed by atoms with Crippen LogP contribution in [0.2, 0.25) is 0 Å². The van der Waals surface area contributed by atoms with Gasteiger partial charge >= 0.3 is 0 Å². The Morgan fingerprint density at radius 1 is 1.33 bits per heavy atom. The molecule has 1 heterocycles. The molecule has 3 unspecified atom stereocenters. The second-order valence-electron chi connectivity index (χ2n) is 5.38. The predicted octanol–water partition coefficient (Wildman–Crippen LogP) is 1.69. The summed E-state index contributed by atoms with van der Waals surface area (Å²) in [4.78, 5) is 14.5. The number of morpholine rings is 1. The number of hydrogen-bond acceptors (Lipinski definition) is 3. The number of carbonyl (C=O) groups excluding carboxylic acids is 1. The average Bonchev–Trinajstić information content (AvgIpc) is 3.19. The predicted molar refractivity (Wildman–Crippen MR) is 69.5 cm³/mol. The number of likely N-dealkylation sites (N-methyl/N-ethyl adjacent to an activating group) is 1. The van der Waals surface area contributed by atoms with E-state index in [2.05, 4.69) is 17.0 Å². The normalized spacial score (nSPS) is 32.2. The molecule has 1 aromatic rings. The maximum Gasteiger partial charge on any atom is 0.166 e. The molecule has 1 aliphatic carbocycles. The third kappa shape index (κ3) is 2.33. The van der Waals surface area contributed by atoms with E-state index in [-0.39, 0.29) is 12.0 Å². The highest BCUT2D eigenvalue weighted by Gasteiger charge is 2.46. The van der Waals surface area contributed by atoms with Crippen molar-refractivity contribution >= 4 is 5.78 Å². The van der Waals surface area contributed by atoms with E-state index < -0.39 is 0 Å². The van der Waals surface area contributed by atoms with Gasteiger partial charge in [-0.15, -0.1) is 0 Å². The second-order valence-corrected chi connectivity index (χ2v) is 5.38. The summed E-state index contributed by atoms with van der Waals surface area (Å²) in [6, 6.07) is 10.3. The molecule has 2 aliphatic rings. The van der Waals surface area contributed by atoms with Gasteiger partial charge in [0, 0.05) is 19.0 Å². The van der Waals surface area contributed by atoms with Crippen molar-refractivity contribution in [2.45, 2.75) is 18.4 Å². The lowest BCUT2D eigenvalue weighted by molar-refractivity contribution is -0.136. The van der Waals surface area contributed by atoms with E-state index in [4.69, 9.17) is 4.74 Å². The summed E-state index contributed by atoms with van der Waals surface area (Å²) in [6.07, 6.45) is 0.786. The Morgan fingerprint density at radius 2 is 2.11 bits per heavy atom. The lowest BCUT2D eigenvalue weighted by atomic mass is 10.0. The zero-order valence-corrected chi connectivity index (χ0v) is 10.7. The monoisotopic (exact) mass is 245 g/mol. The van der Waals surface area contributed by atoms with Gasteiger partial charge in [-0.25, -0.2) is 0 Å². The summed E-state index contributed by atoms with van der Waals surface area (Å²) in [5, 5.41) is 0. The summed E-state index contributed by atoms with van der Waals surface area (Å²) < 4.78 is 5.60. The fourth-order valence-corrected chi connectivity index (χ4v) is 2.77. The lowest BCUT2D eigenvalue weighted by Gasteiger charge is -2.29. The summed E-state index contributed by atoms with van der Waals surface area (Å²) in [7, 11) is 2.05. The molecule has 18 heavy (non-hydrogen) atoms. The number of ether oxygens (including phenoxy) is 1. The van der Waals surface area contributed by atoms with Crippen LogP contribution in [0.25, 0.3) is 0 Å².